The van der Waals surface area contributed by atoms with Crippen molar-refractivity contribution in [2.75, 3.05) is 27.5 Å². The van der Waals surface area contributed by atoms with Crippen molar-refractivity contribution in [1.29, 1.82) is 0 Å². The summed E-state index contributed by atoms with van der Waals surface area (Å²) in [4.78, 5) is 42.4. The minimum Gasteiger partial charge on any atom is -0.412 e. The first-order valence-corrected chi connectivity index (χ1v) is 22.8. The van der Waals surface area contributed by atoms with Crippen molar-refractivity contribution >= 4 is 89.2 Å². The smallest absolute Gasteiger partial charge is 0.261 e. The highest BCUT2D eigenvalue weighted by Crippen LogP contribution is 2.34. The van der Waals surface area contributed by atoms with Gasteiger partial charge in [0.2, 0.25) is 11.9 Å². The molecule has 0 amide bonds. The lowest BCUT2D eigenvalue weighted by molar-refractivity contribution is 0.490. The Morgan fingerprint density at radius 3 is 1.36 bits per heavy atom. The minimum atomic E-state index is -3.67. The summed E-state index contributed by atoms with van der Waals surface area (Å²) >= 11 is 0. The number of hydrogen-bond acceptors (Lipinski definition) is 14. The molecule has 4 aromatic carbocycles. The van der Waals surface area contributed by atoms with E-state index in [0.29, 0.717) is 41.5 Å². The van der Waals surface area contributed by atoms with E-state index in [-0.39, 0.29) is 5.48 Å². The molecule has 0 unspecified atom stereocenters. The first kappa shape index (κ1) is 43.1. The Kier molecular flexibility index (Phi) is 12.1. The quantitative estimate of drug-likeness (QED) is 0.0635. The lowest BCUT2D eigenvalue weighted by Crippen LogP contribution is -2.07. The average molecular weight is 901 g/mol. The molecule has 0 bridgehead atoms. The standard InChI is InChI=1S/2C23H19N7.CH4O3S.H2O/c2*1-2-4-14(5-3-1)17-10-11-24-19-9-8-16(12-18(17)19)28-23-29-21-20(25-13-26-21)22(30-23)27-15-6-7-15;1-5(2,3)4;/h2*1-5,8-13,15H,6-7H2,(H3,25,26,27,28,29,30);1H3,(H,2,3,4);1H2. The second-order valence-electron chi connectivity index (χ2n) is 15.7. The number of nitrogens with one attached hydrogen (secondary N) is 6. The van der Waals surface area contributed by atoms with Crippen molar-refractivity contribution < 1.29 is 18.4 Å². The van der Waals surface area contributed by atoms with Crippen LogP contribution in [0.5, 0.6) is 0 Å². The van der Waals surface area contributed by atoms with Gasteiger partial charge in [0, 0.05) is 46.6 Å². The van der Waals surface area contributed by atoms with Crippen molar-refractivity contribution in [3.63, 3.8) is 0 Å². The number of pyridine rings is 2. The third-order valence-corrected chi connectivity index (χ3v) is 10.6. The highest BCUT2D eigenvalue weighted by atomic mass is 32.2. The fraction of sp³-hybridized carbons (Fsp3) is 0.149. The molecule has 2 fully saturated rings. The molecule has 66 heavy (non-hydrogen) atoms. The predicted molar refractivity (Wildman–Crippen MR) is 259 cm³/mol. The van der Waals surface area contributed by atoms with E-state index in [1.807, 2.05) is 85.2 Å². The van der Waals surface area contributed by atoms with E-state index in [1.54, 1.807) is 12.7 Å². The van der Waals surface area contributed by atoms with Crippen molar-refractivity contribution in [2.45, 2.75) is 37.8 Å². The molecule has 0 saturated heterocycles. The Hall–Kier alpha value is -8.13. The van der Waals surface area contributed by atoms with Gasteiger partial charge in [-0.2, -0.15) is 28.4 Å². The number of rotatable bonds is 10. The van der Waals surface area contributed by atoms with Gasteiger partial charge in [0.25, 0.3) is 10.1 Å². The number of benzene rings is 4. The Morgan fingerprint density at radius 1 is 0.561 bits per heavy atom. The maximum atomic E-state index is 9.19. The van der Waals surface area contributed by atoms with Crippen LogP contribution >= 0.6 is 0 Å². The molecule has 12 rings (SSSR count). The molecule has 332 valence electrons. The number of imidazole rings is 2. The number of hydrogen-bond donors (Lipinski definition) is 7. The molecule has 6 aromatic heterocycles. The van der Waals surface area contributed by atoms with Gasteiger partial charge >= 0.3 is 0 Å². The summed E-state index contributed by atoms with van der Waals surface area (Å²) in [6.45, 7) is 0. The van der Waals surface area contributed by atoms with Gasteiger partial charge in [0.05, 0.1) is 29.9 Å². The Morgan fingerprint density at radius 2 is 0.970 bits per heavy atom. The third kappa shape index (κ3) is 10.3. The monoisotopic (exact) mass is 900 g/mol. The van der Waals surface area contributed by atoms with Gasteiger partial charge in [-0.1, -0.05) is 60.7 Å². The molecule has 0 spiro atoms. The number of fused-ring (bicyclic) bond motifs is 4. The van der Waals surface area contributed by atoms with Crippen LogP contribution in [-0.4, -0.2) is 86.6 Å². The average Bonchev–Trinajstić information content (AvgIpc) is 4.21. The summed E-state index contributed by atoms with van der Waals surface area (Å²) in [5.41, 5.74) is 11.3. The van der Waals surface area contributed by atoms with Crippen LogP contribution in [0.3, 0.4) is 0 Å². The first-order chi connectivity index (χ1) is 31.7. The molecule has 6 heterocycles. The summed E-state index contributed by atoms with van der Waals surface area (Å²) in [6.07, 6.45) is 12.4. The van der Waals surface area contributed by atoms with Gasteiger partial charge in [-0.05, 0) is 96.5 Å². The molecular weight excluding hydrogens is 857 g/mol. The number of anilines is 6. The van der Waals surface area contributed by atoms with Crippen LogP contribution < -0.4 is 21.3 Å². The Labute approximate surface area is 377 Å². The summed E-state index contributed by atoms with van der Waals surface area (Å²) in [6, 6.07) is 37.9. The van der Waals surface area contributed by atoms with Crippen LogP contribution in [0.1, 0.15) is 25.7 Å². The Balaban J connectivity index is 0.000000149. The second kappa shape index (κ2) is 18.5. The van der Waals surface area contributed by atoms with E-state index >= 15 is 0 Å². The van der Waals surface area contributed by atoms with Gasteiger partial charge in [0.1, 0.15) is 11.0 Å². The SMILES string of the molecule is CS(=O)(=O)O.O.c1ccc(-c2ccnc3ccc(Nc4nc(NC5CC5)c5[nH]cnc5n4)cc23)cc1.c1ccc(-c2ccnc3ccc(Nc4nc(NC5CC5)c5[nH]cnc5n4)cc23)cc1. The normalized spacial score (nSPS) is 13.2. The van der Waals surface area contributed by atoms with Crippen molar-refractivity contribution in [3.05, 3.63) is 134 Å². The lowest BCUT2D eigenvalue weighted by atomic mass is 10.0. The van der Waals surface area contributed by atoms with Crippen molar-refractivity contribution in [2.24, 2.45) is 0 Å². The topological polar surface area (TPSA) is 269 Å². The Bertz CT molecular complexity index is 3200. The molecule has 19 heteroatoms. The molecule has 9 N–H and O–H groups in total. The maximum absolute atomic E-state index is 9.19. The summed E-state index contributed by atoms with van der Waals surface area (Å²) in [5.74, 6) is 2.61. The second-order valence-corrected chi connectivity index (χ2v) is 17.2. The van der Waals surface area contributed by atoms with E-state index in [2.05, 4.69) is 108 Å². The van der Waals surface area contributed by atoms with E-state index in [4.69, 9.17) is 4.55 Å². The van der Waals surface area contributed by atoms with E-state index < -0.39 is 10.1 Å². The highest BCUT2D eigenvalue weighted by Gasteiger charge is 2.25. The fourth-order valence-electron chi connectivity index (χ4n) is 7.27. The van der Waals surface area contributed by atoms with E-state index in [0.717, 1.165) is 78.1 Å². The van der Waals surface area contributed by atoms with Gasteiger partial charge in [0.15, 0.2) is 22.9 Å². The van der Waals surface area contributed by atoms with E-state index in [1.165, 1.54) is 25.7 Å². The fourth-order valence-corrected chi connectivity index (χ4v) is 7.27. The molecule has 0 aliphatic heterocycles. The predicted octanol–water partition coefficient (Wildman–Crippen LogP) is 8.45. The van der Waals surface area contributed by atoms with Gasteiger partial charge in [-0.3, -0.25) is 14.5 Å². The zero-order valence-electron chi connectivity index (χ0n) is 35.4. The number of aromatic amines is 2. The summed E-state index contributed by atoms with van der Waals surface area (Å²) in [5, 5.41) is 15.8. The first-order valence-electron chi connectivity index (χ1n) is 21.0. The molecule has 2 aliphatic carbocycles. The lowest BCUT2D eigenvalue weighted by Gasteiger charge is -2.11. The van der Waals surface area contributed by atoms with Crippen LogP contribution in [0.25, 0.3) is 66.4 Å². The molecule has 0 atom stereocenters. The van der Waals surface area contributed by atoms with Crippen molar-refractivity contribution in [3.8, 4) is 22.3 Å². The zero-order valence-corrected chi connectivity index (χ0v) is 36.3. The van der Waals surface area contributed by atoms with Crippen LogP contribution in [0.4, 0.5) is 34.9 Å². The van der Waals surface area contributed by atoms with Gasteiger partial charge in [-0.25, -0.2) is 9.97 Å². The van der Waals surface area contributed by atoms with Crippen LogP contribution in [0, 0.1) is 0 Å². The van der Waals surface area contributed by atoms with Gasteiger partial charge in [-0.15, -0.1) is 0 Å². The molecule has 18 nitrogen and oxygen atoms in total. The largest absolute Gasteiger partial charge is 0.412 e. The van der Waals surface area contributed by atoms with Gasteiger partial charge < -0.3 is 36.7 Å². The molecule has 10 aromatic rings. The summed E-state index contributed by atoms with van der Waals surface area (Å²) < 4.78 is 25.9. The molecule has 2 saturated carbocycles. The number of nitrogens with zero attached hydrogens (tertiary/aromatic N) is 8. The minimum absolute atomic E-state index is 0. The summed E-state index contributed by atoms with van der Waals surface area (Å²) in [7, 11) is -3.67. The highest BCUT2D eigenvalue weighted by molar-refractivity contribution is 7.85. The third-order valence-electron chi connectivity index (χ3n) is 10.6. The van der Waals surface area contributed by atoms with Crippen molar-refractivity contribution in [1.82, 2.24) is 49.8 Å². The zero-order chi connectivity index (χ0) is 44.3. The van der Waals surface area contributed by atoms with E-state index in [9.17, 15) is 8.42 Å². The van der Waals surface area contributed by atoms with Crippen LogP contribution in [-0.2, 0) is 10.1 Å². The number of aromatic nitrogens is 10. The van der Waals surface area contributed by atoms with Crippen LogP contribution in [0.2, 0.25) is 0 Å². The molecular formula is C47H44N14O4S. The maximum Gasteiger partial charge on any atom is 0.261 e. The number of H-pyrrole nitrogens is 2. The molecule has 2 aliphatic rings. The van der Waals surface area contributed by atoms with Crippen LogP contribution in [0.15, 0.2) is 134 Å². The molecule has 0 radical (unpaired) electrons.